The molecular formula is C26H24BrN3O4S. The molecule has 9 heteroatoms. The SMILES string of the molecule is COc1ccc(C(=O)N/C(=C\c2cc(Br)cs2)C(=O)N2C[C@H]3C[C@@H](C2)c2cccc(=O)n2C3)cc1. The first-order valence-electron chi connectivity index (χ1n) is 11.3. The molecule has 0 aliphatic carbocycles. The van der Waals surface area contributed by atoms with Crippen LogP contribution in [0, 0.1) is 5.92 Å². The lowest BCUT2D eigenvalue weighted by Gasteiger charge is -2.43. The molecule has 4 heterocycles. The van der Waals surface area contributed by atoms with Gasteiger partial charge in [0.15, 0.2) is 0 Å². The van der Waals surface area contributed by atoms with Gasteiger partial charge in [0.1, 0.15) is 11.4 Å². The summed E-state index contributed by atoms with van der Waals surface area (Å²) in [5.41, 5.74) is 1.64. The zero-order chi connectivity index (χ0) is 24.5. The summed E-state index contributed by atoms with van der Waals surface area (Å²) in [6.07, 6.45) is 2.67. The highest BCUT2D eigenvalue weighted by atomic mass is 79.9. The highest BCUT2D eigenvalue weighted by Gasteiger charge is 2.37. The molecule has 1 N–H and O–H groups in total. The third-order valence-electron chi connectivity index (χ3n) is 6.47. The third-order valence-corrected chi connectivity index (χ3v) is 8.11. The maximum absolute atomic E-state index is 13.7. The number of fused-ring (bicyclic) bond motifs is 4. The van der Waals surface area contributed by atoms with Crippen LogP contribution in [0.1, 0.15) is 33.3 Å². The van der Waals surface area contributed by atoms with Crippen molar-refractivity contribution >= 4 is 45.2 Å². The van der Waals surface area contributed by atoms with Crippen LogP contribution in [0.3, 0.4) is 0 Å². The Kier molecular flexibility index (Phi) is 6.62. The van der Waals surface area contributed by atoms with Crippen molar-refractivity contribution in [1.29, 1.82) is 0 Å². The van der Waals surface area contributed by atoms with Crippen molar-refractivity contribution < 1.29 is 14.3 Å². The number of carbonyl (C=O) groups excluding carboxylic acids is 2. The molecule has 1 saturated heterocycles. The molecule has 0 radical (unpaired) electrons. The fourth-order valence-corrected chi connectivity index (χ4v) is 6.24. The number of pyridine rings is 1. The van der Waals surface area contributed by atoms with E-state index in [1.165, 1.54) is 11.3 Å². The van der Waals surface area contributed by atoms with E-state index in [0.29, 0.717) is 30.9 Å². The van der Waals surface area contributed by atoms with Crippen LogP contribution in [0.4, 0.5) is 0 Å². The zero-order valence-corrected chi connectivity index (χ0v) is 21.5. The van der Waals surface area contributed by atoms with Crippen molar-refractivity contribution in [2.45, 2.75) is 18.9 Å². The molecule has 35 heavy (non-hydrogen) atoms. The van der Waals surface area contributed by atoms with Gasteiger partial charge in [-0.05, 0) is 70.7 Å². The van der Waals surface area contributed by atoms with Gasteiger partial charge in [0.25, 0.3) is 17.4 Å². The first kappa shape index (κ1) is 23.6. The molecule has 2 aliphatic rings. The normalized spacial score (nSPS) is 19.1. The fraction of sp³-hybridized carbons (Fsp3) is 0.269. The molecule has 0 saturated carbocycles. The van der Waals surface area contributed by atoms with E-state index >= 15 is 0 Å². The van der Waals surface area contributed by atoms with Gasteiger partial charge in [0.2, 0.25) is 0 Å². The van der Waals surface area contributed by atoms with E-state index < -0.39 is 0 Å². The van der Waals surface area contributed by atoms with Crippen LogP contribution in [-0.2, 0) is 11.3 Å². The van der Waals surface area contributed by atoms with Crippen molar-refractivity contribution in [2.24, 2.45) is 5.92 Å². The van der Waals surface area contributed by atoms with Gasteiger partial charge >= 0.3 is 0 Å². The molecule has 1 fully saturated rings. The smallest absolute Gasteiger partial charge is 0.270 e. The van der Waals surface area contributed by atoms with E-state index in [4.69, 9.17) is 4.74 Å². The van der Waals surface area contributed by atoms with Crippen LogP contribution in [0.5, 0.6) is 5.75 Å². The number of thiophene rings is 1. The number of piperidine rings is 1. The topological polar surface area (TPSA) is 80.6 Å². The molecule has 5 rings (SSSR count). The number of halogens is 1. The van der Waals surface area contributed by atoms with E-state index in [2.05, 4.69) is 21.2 Å². The summed E-state index contributed by atoms with van der Waals surface area (Å²) in [6, 6.07) is 14.0. The number of nitrogens with one attached hydrogen (secondary N) is 1. The van der Waals surface area contributed by atoms with Crippen molar-refractivity contribution in [3.63, 3.8) is 0 Å². The summed E-state index contributed by atoms with van der Waals surface area (Å²) in [5, 5.41) is 4.78. The molecule has 0 unspecified atom stereocenters. The second-order valence-electron chi connectivity index (χ2n) is 8.82. The number of hydrogen-bond donors (Lipinski definition) is 1. The number of likely N-dealkylation sites (tertiary alicyclic amines) is 1. The number of ether oxygens (including phenoxy) is 1. The van der Waals surface area contributed by atoms with Crippen molar-refractivity contribution in [1.82, 2.24) is 14.8 Å². The molecule has 3 aromatic rings. The third kappa shape index (κ3) is 4.97. The van der Waals surface area contributed by atoms with Crippen molar-refractivity contribution in [3.8, 4) is 5.75 Å². The number of benzene rings is 1. The average Bonchev–Trinajstić information content (AvgIpc) is 3.28. The summed E-state index contributed by atoms with van der Waals surface area (Å²) >= 11 is 4.93. The molecule has 2 bridgehead atoms. The average molecular weight is 554 g/mol. The molecule has 2 amide bonds. The number of carbonyl (C=O) groups is 2. The van der Waals surface area contributed by atoms with E-state index in [0.717, 1.165) is 21.5 Å². The van der Waals surface area contributed by atoms with Gasteiger partial charge in [0, 0.05) is 57.6 Å². The predicted octanol–water partition coefficient (Wildman–Crippen LogP) is 4.10. The largest absolute Gasteiger partial charge is 0.497 e. The number of aromatic nitrogens is 1. The molecule has 1 aromatic carbocycles. The number of rotatable bonds is 5. The van der Waals surface area contributed by atoms with Gasteiger partial charge in [0.05, 0.1) is 7.11 Å². The van der Waals surface area contributed by atoms with E-state index in [-0.39, 0.29) is 34.9 Å². The Hall–Kier alpha value is -3.17. The highest BCUT2D eigenvalue weighted by molar-refractivity contribution is 9.10. The summed E-state index contributed by atoms with van der Waals surface area (Å²) in [4.78, 5) is 41.8. The van der Waals surface area contributed by atoms with Crippen LogP contribution in [0.15, 0.2) is 68.9 Å². The number of nitrogens with zero attached hydrogens (tertiary/aromatic N) is 2. The van der Waals surface area contributed by atoms with Gasteiger partial charge in [-0.1, -0.05) is 6.07 Å². The lowest BCUT2D eigenvalue weighted by Crippen LogP contribution is -2.50. The van der Waals surface area contributed by atoms with Crippen LogP contribution in [0.2, 0.25) is 0 Å². The van der Waals surface area contributed by atoms with Gasteiger partial charge < -0.3 is 19.5 Å². The predicted molar refractivity (Wildman–Crippen MR) is 139 cm³/mol. The Morgan fingerprint density at radius 1 is 1.14 bits per heavy atom. The molecule has 7 nitrogen and oxygen atoms in total. The quantitative estimate of drug-likeness (QED) is 0.482. The first-order chi connectivity index (χ1) is 16.9. The van der Waals surface area contributed by atoms with Gasteiger partial charge in [-0.15, -0.1) is 11.3 Å². The minimum absolute atomic E-state index is 0.00703. The second kappa shape index (κ2) is 9.83. The maximum atomic E-state index is 13.7. The van der Waals surface area contributed by atoms with Crippen molar-refractivity contribution in [3.05, 3.63) is 90.6 Å². The second-order valence-corrected chi connectivity index (χ2v) is 10.7. The monoisotopic (exact) mass is 553 g/mol. The first-order valence-corrected chi connectivity index (χ1v) is 13.0. The Labute approximate surface area is 215 Å². The summed E-state index contributed by atoms with van der Waals surface area (Å²) < 4.78 is 7.92. The zero-order valence-electron chi connectivity index (χ0n) is 19.1. The van der Waals surface area contributed by atoms with E-state index in [1.54, 1.807) is 49.6 Å². The van der Waals surface area contributed by atoms with E-state index in [9.17, 15) is 14.4 Å². The molecule has 180 valence electrons. The fourth-order valence-electron chi connectivity index (χ4n) is 4.87. The van der Waals surface area contributed by atoms with Crippen LogP contribution in [-0.4, -0.2) is 41.5 Å². The van der Waals surface area contributed by atoms with E-state index in [1.807, 2.05) is 27.0 Å². The summed E-state index contributed by atoms with van der Waals surface area (Å²) in [5.74, 6) is 0.348. The number of hydrogen-bond acceptors (Lipinski definition) is 5. The maximum Gasteiger partial charge on any atom is 0.270 e. The lowest BCUT2D eigenvalue weighted by atomic mass is 9.83. The molecule has 0 spiro atoms. The van der Waals surface area contributed by atoms with Gasteiger partial charge in [-0.25, -0.2) is 0 Å². The number of methoxy groups -OCH3 is 1. The Morgan fingerprint density at radius 3 is 2.66 bits per heavy atom. The lowest BCUT2D eigenvalue weighted by molar-refractivity contribution is -0.130. The van der Waals surface area contributed by atoms with Crippen LogP contribution >= 0.6 is 27.3 Å². The summed E-state index contributed by atoms with van der Waals surface area (Å²) in [7, 11) is 1.57. The Bertz CT molecular complexity index is 1360. The number of amides is 2. The molecule has 2 atom stereocenters. The summed E-state index contributed by atoms with van der Waals surface area (Å²) in [6.45, 7) is 1.65. The Morgan fingerprint density at radius 2 is 1.94 bits per heavy atom. The van der Waals surface area contributed by atoms with Gasteiger partial charge in [-0.2, -0.15) is 0 Å². The molecule has 2 aromatic heterocycles. The standard InChI is InChI=1S/C26H24BrN3O4S/c1-34-20-7-5-17(6-8-20)25(32)28-22(11-21-10-19(27)15-35-21)26(33)29-12-16-9-18(14-29)23-3-2-4-24(31)30(23)13-16/h2-8,10-11,15-16,18H,9,12-14H2,1H3,(H,28,32)/b22-11-/t16-,18+/m1/s1. The molecule has 2 aliphatic heterocycles. The Balaban J connectivity index is 1.41. The van der Waals surface area contributed by atoms with Crippen molar-refractivity contribution in [2.75, 3.05) is 20.2 Å². The van der Waals surface area contributed by atoms with Gasteiger partial charge in [-0.3, -0.25) is 14.4 Å². The minimum atomic E-state index is -0.364. The van der Waals surface area contributed by atoms with Crippen LogP contribution < -0.4 is 15.6 Å². The van der Waals surface area contributed by atoms with Crippen LogP contribution in [0.25, 0.3) is 6.08 Å². The minimum Gasteiger partial charge on any atom is -0.497 e. The highest BCUT2D eigenvalue weighted by Crippen LogP contribution is 2.35. The molecular weight excluding hydrogens is 530 g/mol.